The second-order valence-corrected chi connectivity index (χ2v) is 8.33. The van der Waals surface area contributed by atoms with Crippen LogP contribution in [-0.2, 0) is 22.4 Å². The van der Waals surface area contributed by atoms with Crippen molar-refractivity contribution in [1.82, 2.24) is 10.2 Å². The van der Waals surface area contributed by atoms with Crippen molar-refractivity contribution >= 4 is 35.0 Å². The maximum Gasteiger partial charge on any atom is 0.242 e. The van der Waals surface area contributed by atoms with Gasteiger partial charge in [0.1, 0.15) is 6.04 Å². The predicted molar refractivity (Wildman–Crippen MR) is 119 cm³/mol. The van der Waals surface area contributed by atoms with Crippen LogP contribution in [0, 0.1) is 5.92 Å². The summed E-state index contributed by atoms with van der Waals surface area (Å²) in [4.78, 5) is 27.4. The SMILES string of the molecule is CC(C)CNC(=O)C(C)N(CCc1ccccc1)C(=O)Cc1c(Cl)cccc1Cl. The maximum atomic E-state index is 13.2. The second kappa shape index (κ2) is 11.2. The molecule has 2 amide bonds. The van der Waals surface area contributed by atoms with Crippen molar-refractivity contribution in [3.05, 3.63) is 69.7 Å². The van der Waals surface area contributed by atoms with Crippen LogP contribution in [0.2, 0.25) is 10.0 Å². The minimum absolute atomic E-state index is 0.0507. The van der Waals surface area contributed by atoms with Crippen LogP contribution in [0.1, 0.15) is 31.9 Å². The lowest BCUT2D eigenvalue weighted by molar-refractivity contribution is -0.139. The predicted octanol–water partition coefficient (Wildman–Crippen LogP) is 4.77. The van der Waals surface area contributed by atoms with E-state index in [4.69, 9.17) is 23.2 Å². The first-order chi connectivity index (χ1) is 13.8. The van der Waals surface area contributed by atoms with Gasteiger partial charge in [-0.25, -0.2) is 0 Å². The lowest BCUT2D eigenvalue weighted by atomic mass is 10.1. The smallest absolute Gasteiger partial charge is 0.242 e. The van der Waals surface area contributed by atoms with Crippen LogP contribution in [0.15, 0.2) is 48.5 Å². The van der Waals surface area contributed by atoms with Crippen LogP contribution in [0.25, 0.3) is 0 Å². The molecule has 1 atom stereocenters. The molecule has 2 aromatic rings. The number of nitrogens with one attached hydrogen (secondary N) is 1. The summed E-state index contributed by atoms with van der Waals surface area (Å²) in [5.41, 5.74) is 1.69. The highest BCUT2D eigenvalue weighted by Crippen LogP contribution is 2.25. The molecule has 0 saturated heterocycles. The van der Waals surface area contributed by atoms with Gasteiger partial charge in [-0.3, -0.25) is 9.59 Å². The Morgan fingerprint density at radius 2 is 1.59 bits per heavy atom. The summed E-state index contributed by atoms with van der Waals surface area (Å²) in [5, 5.41) is 3.82. The van der Waals surface area contributed by atoms with Gasteiger partial charge in [0, 0.05) is 23.1 Å². The zero-order chi connectivity index (χ0) is 21.4. The molecule has 4 nitrogen and oxygen atoms in total. The summed E-state index contributed by atoms with van der Waals surface area (Å²) in [6.07, 6.45) is 0.708. The van der Waals surface area contributed by atoms with Crippen molar-refractivity contribution in [1.29, 1.82) is 0 Å². The van der Waals surface area contributed by atoms with Crippen LogP contribution >= 0.6 is 23.2 Å². The average molecular weight is 435 g/mol. The van der Waals surface area contributed by atoms with Crippen LogP contribution in [0.3, 0.4) is 0 Å². The summed E-state index contributed by atoms with van der Waals surface area (Å²) >= 11 is 12.5. The van der Waals surface area contributed by atoms with Crippen molar-refractivity contribution in [2.75, 3.05) is 13.1 Å². The molecule has 0 fully saturated rings. The average Bonchev–Trinajstić information content (AvgIpc) is 2.69. The van der Waals surface area contributed by atoms with E-state index < -0.39 is 6.04 Å². The molecule has 2 rings (SSSR count). The molecule has 0 bridgehead atoms. The van der Waals surface area contributed by atoms with Gasteiger partial charge in [-0.1, -0.05) is 73.4 Å². The third-order valence-corrected chi connectivity index (χ3v) is 5.43. The van der Waals surface area contributed by atoms with E-state index in [2.05, 4.69) is 5.32 Å². The second-order valence-electron chi connectivity index (χ2n) is 7.51. The van der Waals surface area contributed by atoms with E-state index in [-0.39, 0.29) is 18.2 Å². The van der Waals surface area contributed by atoms with Gasteiger partial charge in [-0.15, -0.1) is 0 Å². The molecule has 6 heteroatoms. The van der Waals surface area contributed by atoms with Crippen molar-refractivity contribution in [3.8, 4) is 0 Å². The molecule has 29 heavy (non-hydrogen) atoms. The van der Waals surface area contributed by atoms with Crippen molar-refractivity contribution in [2.24, 2.45) is 5.92 Å². The third kappa shape index (κ3) is 7.06. The topological polar surface area (TPSA) is 49.4 Å². The quantitative estimate of drug-likeness (QED) is 0.617. The zero-order valence-corrected chi connectivity index (χ0v) is 18.6. The van der Waals surface area contributed by atoms with Crippen molar-refractivity contribution in [3.63, 3.8) is 0 Å². The van der Waals surface area contributed by atoms with E-state index in [0.717, 1.165) is 5.56 Å². The summed E-state index contributed by atoms with van der Waals surface area (Å²) in [7, 11) is 0. The van der Waals surface area contributed by atoms with Gasteiger partial charge in [0.25, 0.3) is 0 Å². The number of halogens is 2. The normalized spacial score (nSPS) is 11.9. The highest BCUT2D eigenvalue weighted by Gasteiger charge is 2.26. The monoisotopic (exact) mass is 434 g/mol. The number of benzene rings is 2. The van der Waals surface area contributed by atoms with Gasteiger partial charge in [-0.05, 0) is 42.5 Å². The third-order valence-electron chi connectivity index (χ3n) is 4.73. The number of carbonyl (C=O) groups is 2. The minimum Gasteiger partial charge on any atom is -0.354 e. The Hall–Kier alpha value is -2.04. The van der Waals surface area contributed by atoms with Crippen LogP contribution < -0.4 is 5.32 Å². The highest BCUT2D eigenvalue weighted by molar-refractivity contribution is 6.36. The molecule has 0 spiro atoms. The number of rotatable bonds is 9. The summed E-state index contributed by atoms with van der Waals surface area (Å²) in [5.74, 6) is -0.00459. The largest absolute Gasteiger partial charge is 0.354 e. The first-order valence-electron chi connectivity index (χ1n) is 9.83. The van der Waals surface area contributed by atoms with Crippen LogP contribution in [-0.4, -0.2) is 35.8 Å². The molecular formula is C23H28Cl2N2O2. The zero-order valence-electron chi connectivity index (χ0n) is 17.1. The Kier molecular flexibility index (Phi) is 8.99. The fourth-order valence-electron chi connectivity index (χ4n) is 2.98. The van der Waals surface area contributed by atoms with Gasteiger partial charge in [0.2, 0.25) is 11.8 Å². The molecule has 0 saturated carbocycles. The van der Waals surface area contributed by atoms with Gasteiger partial charge in [0.15, 0.2) is 0 Å². The number of amides is 2. The molecule has 2 aromatic carbocycles. The lowest BCUT2D eigenvalue weighted by Crippen LogP contribution is -2.49. The minimum atomic E-state index is -0.591. The van der Waals surface area contributed by atoms with Crippen LogP contribution in [0.4, 0.5) is 0 Å². The van der Waals surface area contributed by atoms with Gasteiger partial charge < -0.3 is 10.2 Å². The van der Waals surface area contributed by atoms with E-state index in [1.807, 2.05) is 44.2 Å². The summed E-state index contributed by atoms with van der Waals surface area (Å²) in [6, 6.07) is 14.5. The molecule has 0 aliphatic carbocycles. The molecular weight excluding hydrogens is 407 g/mol. The van der Waals surface area contributed by atoms with Crippen molar-refractivity contribution in [2.45, 2.75) is 39.7 Å². The van der Waals surface area contributed by atoms with E-state index in [9.17, 15) is 9.59 Å². The number of nitrogens with zero attached hydrogens (tertiary/aromatic N) is 1. The highest BCUT2D eigenvalue weighted by atomic mass is 35.5. The Labute approximate surface area is 183 Å². The van der Waals surface area contributed by atoms with Gasteiger partial charge in [0.05, 0.1) is 6.42 Å². The first-order valence-corrected chi connectivity index (χ1v) is 10.6. The molecule has 1 N–H and O–H groups in total. The summed E-state index contributed by atoms with van der Waals surface area (Å²) < 4.78 is 0. The molecule has 1 unspecified atom stereocenters. The first kappa shape index (κ1) is 23.2. The van der Waals surface area contributed by atoms with E-state index in [1.165, 1.54) is 0 Å². The molecule has 0 aliphatic rings. The maximum absolute atomic E-state index is 13.2. The van der Waals surface area contributed by atoms with Gasteiger partial charge >= 0.3 is 0 Å². The molecule has 0 heterocycles. The number of carbonyl (C=O) groups excluding carboxylic acids is 2. The van der Waals surface area contributed by atoms with E-state index in [1.54, 1.807) is 30.0 Å². The number of hydrogen-bond acceptors (Lipinski definition) is 2. The Balaban J connectivity index is 2.17. The molecule has 156 valence electrons. The Morgan fingerprint density at radius 1 is 0.966 bits per heavy atom. The fraction of sp³-hybridized carbons (Fsp3) is 0.391. The lowest BCUT2D eigenvalue weighted by Gasteiger charge is -2.29. The fourth-order valence-corrected chi connectivity index (χ4v) is 3.51. The van der Waals surface area contributed by atoms with Crippen LogP contribution in [0.5, 0.6) is 0 Å². The molecule has 0 aromatic heterocycles. The molecule has 0 radical (unpaired) electrons. The number of hydrogen-bond donors (Lipinski definition) is 1. The van der Waals surface area contributed by atoms with Crippen molar-refractivity contribution < 1.29 is 9.59 Å². The van der Waals surface area contributed by atoms with E-state index >= 15 is 0 Å². The van der Waals surface area contributed by atoms with Gasteiger partial charge in [-0.2, -0.15) is 0 Å². The Bertz CT molecular complexity index is 805. The standard InChI is InChI=1S/C23H28Cl2N2O2/c1-16(2)15-26-23(29)17(3)27(13-12-18-8-5-4-6-9-18)22(28)14-19-20(24)10-7-11-21(19)25/h4-11,16-17H,12-15H2,1-3H3,(H,26,29). The molecule has 0 aliphatic heterocycles. The summed E-state index contributed by atoms with van der Waals surface area (Å²) in [6.45, 7) is 6.82. The Morgan fingerprint density at radius 3 is 2.17 bits per heavy atom. The van der Waals surface area contributed by atoms with E-state index in [0.29, 0.717) is 41.0 Å².